The van der Waals surface area contributed by atoms with E-state index in [0.717, 1.165) is 12.8 Å². The predicted molar refractivity (Wildman–Crippen MR) is 70.9 cm³/mol. The van der Waals surface area contributed by atoms with Crippen molar-refractivity contribution in [2.75, 3.05) is 26.8 Å². The van der Waals surface area contributed by atoms with Crippen molar-refractivity contribution in [3.8, 4) is 0 Å². The maximum atomic E-state index is 12.0. The third-order valence-corrected chi connectivity index (χ3v) is 3.06. The van der Waals surface area contributed by atoms with E-state index in [0.29, 0.717) is 32.0 Å². The largest absolute Gasteiger partial charge is 0.480 e. The summed E-state index contributed by atoms with van der Waals surface area (Å²) < 4.78 is 4.92. The van der Waals surface area contributed by atoms with Crippen molar-refractivity contribution in [1.29, 1.82) is 0 Å². The van der Waals surface area contributed by atoms with Crippen molar-refractivity contribution in [3.05, 3.63) is 12.7 Å². The molecule has 1 aliphatic rings. The van der Waals surface area contributed by atoms with Gasteiger partial charge >= 0.3 is 12.0 Å². The van der Waals surface area contributed by atoms with Gasteiger partial charge < -0.3 is 20.1 Å². The Balaban J connectivity index is 2.50. The van der Waals surface area contributed by atoms with Crippen LogP contribution >= 0.6 is 0 Å². The molecule has 108 valence electrons. The number of ether oxygens (including phenoxy) is 1. The number of aliphatic carboxylic acids is 1. The van der Waals surface area contributed by atoms with E-state index < -0.39 is 12.0 Å². The van der Waals surface area contributed by atoms with E-state index in [1.54, 1.807) is 13.2 Å². The zero-order chi connectivity index (χ0) is 14.3. The van der Waals surface area contributed by atoms with Gasteiger partial charge in [0.1, 0.15) is 6.04 Å². The highest BCUT2D eigenvalue weighted by Crippen LogP contribution is 2.33. The molecule has 0 aromatic rings. The summed E-state index contributed by atoms with van der Waals surface area (Å²) in [5.41, 5.74) is 0. The van der Waals surface area contributed by atoms with Crippen LogP contribution in [0.1, 0.15) is 19.3 Å². The molecule has 0 radical (unpaired) electrons. The lowest BCUT2D eigenvalue weighted by Crippen LogP contribution is -2.49. The molecular formula is C13H22N2O4. The first-order chi connectivity index (χ1) is 9.08. The molecule has 0 heterocycles. The normalized spacial score (nSPS) is 15.6. The molecule has 0 aromatic carbocycles. The van der Waals surface area contributed by atoms with E-state index in [1.165, 1.54) is 4.90 Å². The van der Waals surface area contributed by atoms with Crippen LogP contribution in [0.4, 0.5) is 4.79 Å². The highest BCUT2D eigenvalue weighted by molar-refractivity contribution is 5.82. The first-order valence-electron chi connectivity index (χ1n) is 6.46. The van der Waals surface area contributed by atoms with Crippen molar-refractivity contribution >= 4 is 12.0 Å². The van der Waals surface area contributed by atoms with Gasteiger partial charge in [0.2, 0.25) is 0 Å². The molecule has 1 fully saturated rings. The zero-order valence-corrected chi connectivity index (χ0v) is 11.3. The van der Waals surface area contributed by atoms with Gasteiger partial charge in [-0.3, -0.25) is 0 Å². The number of hydrogen-bond acceptors (Lipinski definition) is 3. The van der Waals surface area contributed by atoms with Crippen molar-refractivity contribution in [1.82, 2.24) is 10.2 Å². The summed E-state index contributed by atoms with van der Waals surface area (Å²) in [5.74, 6) is -0.543. The molecule has 2 N–H and O–H groups in total. The number of carbonyl (C=O) groups is 2. The van der Waals surface area contributed by atoms with Crippen LogP contribution in [0.3, 0.4) is 0 Å². The average molecular weight is 270 g/mol. The minimum absolute atomic E-state index is 0.366. The van der Waals surface area contributed by atoms with Crippen LogP contribution in [-0.4, -0.2) is 54.9 Å². The second-order valence-electron chi connectivity index (χ2n) is 4.75. The van der Waals surface area contributed by atoms with E-state index in [4.69, 9.17) is 9.84 Å². The highest BCUT2D eigenvalue weighted by Gasteiger charge is 2.31. The maximum absolute atomic E-state index is 12.0. The van der Waals surface area contributed by atoms with Crippen molar-refractivity contribution in [2.24, 2.45) is 5.92 Å². The van der Waals surface area contributed by atoms with E-state index >= 15 is 0 Å². The number of carboxylic acid groups (broad SMARTS) is 1. The van der Waals surface area contributed by atoms with E-state index in [9.17, 15) is 9.59 Å². The van der Waals surface area contributed by atoms with E-state index in [2.05, 4.69) is 11.9 Å². The van der Waals surface area contributed by atoms with Gasteiger partial charge in [-0.05, 0) is 12.3 Å². The van der Waals surface area contributed by atoms with Crippen LogP contribution in [0.15, 0.2) is 12.7 Å². The summed E-state index contributed by atoms with van der Waals surface area (Å²) in [4.78, 5) is 24.6. The second kappa shape index (κ2) is 7.78. The Morgan fingerprint density at radius 2 is 2.26 bits per heavy atom. The van der Waals surface area contributed by atoms with Gasteiger partial charge in [0.25, 0.3) is 0 Å². The van der Waals surface area contributed by atoms with Crippen LogP contribution in [0.5, 0.6) is 0 Å². The lowest BCUT2D eigenvalue weighted by atomic mass is 10.1. The van der Waals surface area contributed by atoms with Gasteiger partial charge in [-0.2, -0.15) is 0 Å². The summed E-state index contributed by atoms with van der Waals surface area (Å²) in [7, 11) is 1.55. The Morgan fingerprint density at radius 1 is 1.58 bits per heavy atom. The number of amides is 2. The minimum atomic E-state index is -0.981. The molecule has 6 nitrogen and oxygen atoms in total. The smallest absolute Gasteiger partial charge is 0.326 e. The maximum Gasteiger partial charge on any atom is 0.326 e. The SMILES string of the molecule is C=CCN(CCOC)C(=O)NC(CC1CC1)C(=O)O. The zero-order valence-electron chi connectivity index (χ0n) is 11.3. The monoisotopic (exact) mass is 270 g/mol. The lowest BCUT2D eigenvalue weighted by molar-refractivity contribution is -0.139. The van der Waals surface area contributed by atoms with Gasteiger partial charge in [-0.25, -0.2) is 9.59 Å². The molecule has 1 rings (SSSR count). The van der Waals surface area contributed by atoms with E-state index in [1.807, 2.05) is 0 Å². The highest BCUT2D eigenvalue weighted by atomic mass is 16.5. The Bertz CT molecular complexity index is 329. The van der Waals surface area contributed by atoms with E-state index in [-0.39, 0.29) is 6.03 Å². The molecular weight excluding hydrogens is 248 g/mol. The van der Waals surface area contributed by atoms with Gasteiger partial charge in [-0.15, -0.1) is 6.58 Å². The Kier molecular flexibility index (Phi) is 6.35. The summed E-state index contributed by atoms with van der Waals surface area (Å²) in [5, 5.41) is 11.7. The summed E-state index contributed by atoms with van der Waals surface area (Å²) >= 11 is 0. The van der Waals surface area contributed by atoms with Gasteiger partial charge in [-0.1, -0.05) is 18.9 Å². The molecule has 6 heteroatoms. The van der Waals surface area contributed by atoms with Crippen molar-refractivity contribution in [2.45, 2.75) is 25.3 Å². The Morgan fingerprint density at radius 3 is 2.74 bits per heavy atom. The molecule has 19 heavy (non-hydrogen) atoms. The fourth-order valence-electron chi connectivity index (χ4n) is 1.78. The number of nitrogens with zero attached hydrogens (tertiary/aromatic N) is 1. The predicted octanol–water partition coefficient (Wildman–Crippen LogP) is 1.08. The number of nitrogens with one attached hydrogen (secondary N) is 1. The summed E-state index contributed by atoms with van der Waals surface area (Å²) in [6.45, 7) is 4.76. The minimum Gasteiger partial charge on any atom is -0.480 e. The summed E-state index contributed by atoms with van der Waals surface area (Å²) in [6.07, 6.45) is 4.22. The molecule has 0 bridgehead atoms. The summed E-state index contributed by atoms with van der Waals surface area (Å²) in [6, 6.07) is -1.19. The van der Waals surface area contributed by atoms with Gasteiger partial charge in [0.05, 0.1) is 6.61 Å². The number of carboxylic acids is 1. The molecule has 0 aromatic heterocycles. The number of carbonyl (C=O) groups excluding carboxylic acids is 1. The second-order valence-corrected chi connectivity index (χ2v) is 4.75. The number of rotatable bonds is 9. The molecule has 0 aliphatic heterocycles. The molecule has 0 spiro atoms. The third-order valence-electron chi connectivity index (χ3n) is 3.06. The van der Waals surface area contributed by atoms with Gasteiger partial charge in [0, 0.05) is 20.2 Å². The van der Waals surface area contributed by atoms with Crippen LogP contribution < -0.4 is 5.32 Å². The first-order valence-corrected chi connectivity index (χ1v) is 6.46. The lowest BCUT2D eigenvalue weighted by Gasteiger charge is -2.23. The molecule has 1 unspecified atom stereocenters. The topological polar surface area (TPSA) is 78.9 Å². The van der Waals surface area contributed by atoms with Crippen LogP contribution in [0.25, 0.3) is 0 Å². The fourth-order valence-corrected chi connectivity index (χ4v) is 1.78. The first kappa shape index (κ1) is 15.5. The van der Waals surface area contributed by atoms with Crippen LogP contribution in [0, 0.1) is 5.92 Å². The third kappa shape index (κ3) is 5.74. The van der Waals surface area contributed by atoms with Gasteiger partial charge in [0.15, 0.2) is 0 Å². The van der Waals surface area contributed by atoms with Crippen molar-refractivity contribution < 1.29 is 19.4 Å². The number of hydrogen-bond donors (Lipinski definition) is 2. The van der Waals surface area contributed by atoms with Crippen LogP contribution in [-0.2, 0) is 9.53 Å². The average Bonchev–Trinajstić information content (AvgIpc) is 3.17. The molecule has 1 atom stereocenters. The van der Waals surface area contributed by atoms with Crippen LogP contribution in [0.2, 0.25) is 0 Å². The Labute approximate surface area is 113 Å². The Hall–Kier alpha value is -1.56. The molecule has 2 amide bonds. The van der Waals surface area contributed by atoms with Crippen molar-refractivity contribution in [3.63, 3.8) is 0 Å². The number of methoxy groups -OCH3 is 1. The molecule has 0 saturated heterocycles. The molecule has 1 aliphatic carbocycles. The quantitative estimate of drug-likeness (QED) is 0.615. The fraction of sp³-hybridized carbons (Fsp3) is 0.692. The number of urea groups is 1. The standard InChI is InChI=1S/C13H22N2O4/c1-3-6-15(7-8-19-2)13(18)14-11(12(16)17)9-10-4-5-10/h3,10-11H,1,4-9H2,2H3,(H,14,18)(H,16,17). The molecule has 1 saturated carbocycles.